The monoisotopic (exact) mass is 254 g/mol. The molecule has 1 N–H and O–H groups in total. The topological polar surface area (TPSA) is 72.5 Å². The van der Waals surface area contributed by atoms with Crippen molar-refractivity contribution in [2.75, 3.05) is 5.32 Å². The Balaban J connectivity index is 2.41. The highest BCUT2D eigenvalue weighted by Crippen LogP contribution is 2.27. The lowest BCUT2D eigenvalue weighted by atomic mass is 10.2. The fourth-order valence-electron chi connectivity index (χ4n) is 1.43. The van der Waals surface area contributed by atoms with E-state index in [4.69, 9.17) is 22.1 Å². The van der Waals surface area contributed by atoms with Crippen molar-refractivity contribution in [1.82, 2.24) is 4.98 Å². The van der Waals surface area contributed by atoms with Crippen LogP contribution in [0.3, 0.4) is 0 Å². The van der Waals surface area contributed by atoms with Crippen LogP contribution in [0.5, 0.6) is 0 Å². The van der Waals surface area contributed by atoms with E-state index >= 15 is 0 Å². The largest absolute Gasteiger partial charge is 0.352 e. The summed E-state index contributed by atoms with van der Waals surface area (Å²) in [6.07, 6.45) is 1.54. The van der Waals surface area contributed by atoms with Gasteiger partial charge in [-0.05, 0) is 30.3 Å². The Morgan fingerprint density at radius 1 is 1.11 bits per heavy atom. The Morgan fingerprint density at radius 2 is 1.94 bits per heavy atom. The molecule has 0 spiro atoms. The Labute approximate surface area is 109 Å². The molecule has 4 nitrogen and oxygen atoms in total. The standard InChI is InChI=1S/C13H7ClN4/c14-10-4-3-9(7-15)6-12(10)18-11-2-1-5-17-13(11)8-16/h1-6,18H. The molecular weight excluding hydrogens is 248 g/mol. The van der Waals surface area contributed by atoms with Gasteiger partial charge in [0, 0.05) is 6.20 Å². The number of halogens is 1. The fourth-order valence-corrected chi connectivity index (χ4v) is 1.60. The minimum atomic E-state index is 0.274. The molecule has 0 radical (unpaired) electrons. The van der Waals surface area contributed by atoms with E-state index in [0.717, 1.165) is 0 Å². The van der Waals surface area contributed by atoms with E-state index in [1.807, 2.05) is 12.1 Å². The SMILES string of the molecule is N#Cc1ccc(Cl)c(Nc2cccnc2C#N)c1. The predicted molar refractivity (Wildman–Crippen MR) is 68.4 cm³/mol. The summed E-state index contributed by atoms with van der Waals surface area (Å²) in [7, 11) is 0. The first-order valence-corrected chi connectivity index (χ1v) is 5.44. The lowest BCUT2D eigenvalue weighted by Crippen LogP contribution is -1.96. The number of benzene rings is 1. The third kappa shape index (κ3) is 2.40. The van der Waals surface area contributed by atoms with Gasteiger partial charge in [-0.3, -0.25) is 0 Å². The first-order chi connectivity index (χ1) is 8.74. The number of hydrogen-bond donors (Lipinski definition) is 1. The fraction of sp³-hybridized carbons (Fsp3) is 0. The van der Waals surface area contributed by atoms with Crippen LogP contribution in [0.2, 0.25) is 5.02 Å². The molecule has 1 heterocycles. The molecule has 0 bridgehead atoms. The van der Waals surface area contributed by atoms with E-state index in [9.17, 15) is 0 Å². The van der Waals surface area contributed by atoms with Crippen molar-refractivity contribution in [1.29, 1.82) is 10.5 Å². The summed E-state index contributed by atoms with van der Waals surface area (Å²) in [4.78, 5) is 3.93. The molecule has 0 aliphatic heterocycles. The Bertz CT molecular complexity index is 667. The third-order valence-corrected chi connectivity index (χ3v) is 2.61. The molecule has 0 atom stereocenters. The van der Waals surface area contributed by atoms with Crippen LogP contribution in [-0.2, 0) is 0 Å². The summed E-state index contributed by atoms with van der Waals surface area (Å²) >= 11 is 6.02. The van der Waals surface area contributed by atoms with E-state index in [0.29, 0.717) is 22.0 Å². The van der Waals surface area contributed by atoms with E-state index in [1.54, 1.807) is 30.3 Å². The quantitative estimate of drug-likeness (QED) is 0.893. The van der Waals surface area contributed by atoms with Crippen LogP contribution in [-0.4, -0.2) is 4.98 Å². The second-order valence-corrected chi connectivity index (χ2v) is 3.85. The summed E-state index contributed by atoms with van der Waals surface area (Å²) < 4.78 is 0. The van der Waals surface area contributed by atoms with E-state index in [-0.39, 0.29) is 5.69 Å². The van der Waals surface area contributed by atoms with Gasteiger partial charge in [0.15, 0.2) is 5.69 Å². The molecule has 2 rings (SSSR count). The predicted octanol–water partition coefficient (Wildman–Crippen LogP) is 3.22. The highest BCUT2D eigenvalue weighted by atomic mass is 35.5. The maximum absolute atomic E-state index is 8.93. The van der Waals surface area contributed by atoms with Crippen molar-refractivity contribution in [2.24, 2.45) is 0 Å². The number of nitriles is 2. The minimum Gasteiger partial charge on any atom is -0.352 e. The second-order valence-electron chi connectivity index (χ2n) is 3.44. The van der Waals surface area contributed by atoms with Crippen LogP contribution in [0, 0.1) is 22.7 Å². The molecule has 2 aromatic rings. The number of nitrogens with one attached hydrogen (secondary N) is 1. The zero-order chi connectivity index (χ0) is 13.0. The first-order valence-electron chi connectivity index (χ1n) is 5.06. The Morgan fingerprint density at radius 3 is 2.67 bits per heavy atom. The number of pyridine rings is 1. The van der Waals surface area contributed by atoms with E-state index in [2.05, 4.69) is 10.3 Å². The van der Waals surface area contributed by atoms with Crippen molar-refractivity contribution in [3.8, 4) is 12.1 Å². The number of rotatable bonds is 2. The van der Waals surface area contributed by atoms with Gasteiger partial charge in [-0.1, -0.05) is 11.6 Å². The molecule has 1 aromatic heterocycles. The van der Waals surface area contributed by atoms with Gasteiger partial charge in [-0.2, -0.15) is 10.5 Å². The summed E-state index contributed by atoms with van der Waals surface area (Å²) in [6.45, 7) is 0. The van der Waals surface area contributed by atoms with Crippen LogP contribution in [0.1, 0.15) is 11.3 Å². The van der Waals surface area contributed by atoms with Crippen LogP contribution < -0.4 is 5.32 Å². The zero-order valence-corrected chi connectivity index (χ0v) is 9.94. The molecular formula is C13H7ClN4. The van der Waals surface area contributed by atoms with Gasteiger partial charge < -0.3 is 5.32 Å². The minimum absolute atomic E-state index is 0.274. The molecule has 86 valence electrons. The van der Waals surface area contributed by atoms with Crippen LogP contribution >= 0.6 is 11.6 Å². The summed E-state index contributed by atoms with van der Waals surface area (Å²) in [5.41, 5.74) is 1.89. The van der Waals surface area contributed by atoms with Gasteiger partial charge in [0.05, 0.1) is 28.0 Å². The van der Waals surface area contributed by atoms with Gasteiger partial charge in [-0.15, -0.1) is 0 Å². The van der Waals surface area contributed by atoms with Crippen molar-refractivity contribution in [3.63, 3.8) is 0 Å². The lowest BCUT2D eigenvalue weighted by Gasteiger charge is -2.09. The number of aromatic nitrogens is 1. The average molecular weight is 255 g/mol. The molecule has 0 aliphatic carbocycles. The van der Waals surface area contributed by atoms with Crippen LogP contribution in [0.15, 0.2) is 36.5 Å². The molecule has 1 aromatic carbocycles. The van der Waals surface area contributed by atoms with Gasteiger partial charge in [0.1, 0.15) is 6.07 Å². The molecule has 0 unspecified atom stereocenters. The van der Waals surface area contributed by atoms with Gasteiger partial charge in [0.2, 0.25) is 0 Å². The second kappa shape index (κ2) is 5.18. The maximum atomic E-state index is 8.93. The molecule has 0 saturated heterocycles. The molecule has 0 fully saturated rings. The smallest absolute Gasteiger partial charge is 0.163 e. The first kappa shape index (κ1) is 11.9. The Kier molecular flexibility index (Phi) is 3.43. The van der Waals surface area contributed by atoms with Gasteiger partial charge in [-0.25, -0.2) is 4.98 Å². The number of anilines is 2. The third-order valence-electron chi connectivity index (χ3n) is 2.28. The van der Waals surface area contributed by atoms with Crippen LogP contribution in [0.25, 0.3) is 0 Å². The van der Waals surface area contributed by atoms with Crippen molar-refractivity contribution in [2.45, 2.75) is 0 Å². The number of nitrogens with zero attached hydrogens (tertiary/aromatic N) is 3. The molecule has 0 saturated carbocycles. The van der Waals surface area contributed by atoms with Gasteiger partial charge >= 0.3 is 0 Å². The molecule has 18 heavy (non-hydrogen) atoms. The summed E-state index contributed by atoms with van der Waals surface area (Å²) in [6, 6.07) is 12.3. The maximum Gasteiger partial charge on any atom is 0.163 e. The number of hydrogen-bond acceptors (Lipinski definition) is 4. The summed E-state index contributed by atoms with van der Waals surface area (Å²) in [5, 5.41) is 21.2. The highest BCUT2D eigenvalue weighted by Gasteiger charge is 2.06. The van der Waals surface area contributed by atoms with Crippen molar-refractivity contribution < 1.29 is 0 Å². The lowest BCUT2D eigenvalue weighted by molar-refractivity contribution is 1.26. The van der Waals surface area contributed by atoms with Crippen LogP contribution in [0.4, 0.5) is 11.4 Å². The Hall–Kier alpha value is -2.56. The van der Waals surface area contributed by atoms with Crippen molar-refractivity contribution in [3.05, 3.63) is 52.8 Å². The normalized spacial score (nSPS) is 9.28. The molecule has 5 heteroatoms. The highest BCUT2D eigenvalue weighted by molar-refractivity contribution is 6.33. The van der Waals surface area contributed by atoms with Crippen molar-refractivity contribution >= 4 is 23.0 Å². The zero-order valence-electron chi connectivity index (χ0n) is 9.18. The average Bonchev–Trinajstić information content (AvgIpc) is 2.42. The molecule has 0 aliphatic rings. The van der Waals surface area contributed by atoms with Gasteiger partial charge in [0.25, 0.3) is 0 Å². The van der Waals surface area contributed by atoms with E-state index < -0.39 is 0 Å². The molecule has 0 amide bonds. The summed E-state index contributed by atoms with van der Waals surface area (Å²) in [5.74, 6) is 0. The van der Waals surface area contributed by atoms with E-state index in [1.165, 1.54) is 6.20 Å².